The number of nitrogens with zero attached hydrogens (tertiary/aromatic N) is 2. The Kier molecular flexibility index (Phi) is 7.97. The molecule has 0 aliphatic heterocycles. The first-order chi connectivity index (χ1) is 14.9. The number of hydrogen-bond acceptors (Lipinski definition) is 6. The number of para-hydroxylation sites is 1. The number of carbonyl (C=O) groups is 1. The van der Waals surface area contributed by atoms with E-state index in [1.807, 2.05) is 0 Å². The predicted molar refractivity (Wildman–Crippen MR) is 114 cm³/mol. The molecule has 13 heteroatoms. The van der Waals surface area contributed by atoms with Crippen LogP contribution in [0.1, 0.15) is 11.1 Å². The van der Waals surface area contributed by atoms with Crippen molar-refractivity contribution in [3.05, 3.63) is 52.5 Å². The third-order valence-electron chi connectivity index (χ3n) is 4.06. The van der Waals surface area contributed by atoms with Crippen LogP contribution in [-0.4, -0.2) is 47.6 Å². The number of alkyl halides is 3. The van der Waals surface area contributed by atoms with Crippen LogP contribution in [0, 0.1) is 0 Å². The molecule has 0 aliphatic rings. The number of hydrazone groups is 1. The van der Waals surface area contributed by atoms with Crippen molar-refractivity contribution < 1.29 is 35.9 Å². The van der Waals surface area contributed by atoms with E-state index in [9.17, 15) is 26.4 Å². The van der Waals surface area contributed by atoms with Gasteiger partial charge in [-0.05, 0) is 30.3 Å². The molecule has 174 valence electrons. The molecule has 0 unspecified atom stereocenters. The van der Waals surface area contributed by atoms with Gasteiger partial charge >= 0.3 is 6.18 Å². The predicted octanol–water partition coefficient (Wildman–Crippen LogP) is 3.29. The average Bonchev–Trinajstić information content (AvgIpc) is 2.70. The first-order valence-corrected chi connectivity index (χ1v) is 11.0. The second-order valence-electron chi connectivity index (χ2n) is 6.31. The molecular weight excluding hydrogens is 475 g/mol. The minimum absolute atomic E-state index is 0.277. The molecular formula is C19H19ClF3N3O5S. The maximum absolute atomic E-state index is 13.0. The van der Waals surface area contributed by atoms with Crippen LogP contribution in [0.4, 0.5) is 18.9 Å². The number of benzene rings is 2. The van der Waals surface area contributed by atoms with E-state index in [1.54, 1.807) is 18.2 Å². The number of methoxy groups -OCH3 is 2. The highest BCUT2D eigenvalue weighted by Crippen LogP contribution is 2.36. The summed E-state index contributed by atoms with van der Waals surface area (Å²) in [6.45, 7) is -0.855. The van der Waals surface area contributed by atoms with Crippen LogP contribution in [0.5, 0.6) is 11.5 Å². The molecule has 0 aromatic heterocycles. The molecule has 0 spiro atoms. The summed E-state index contributed by atoms with van der Waals surface area (Å²) in [6.07, 6.45) is -2.76. The van der Waals surface area contributed by atoms with Gasteiger partial charge in [0.2, 0.25) is 10.0 Å². The summed E-state index contributed by atoms with van der Waals surface area (Å²) < 4.78 is 74.3. The fraction of sp³-hybridized carbons (Fsp3) is 0.263. The molecule has 0 saturated heterocycles. The molecule has 0 fully saturated rings. The Bertz CT molecular complexity index is 1120. The Balaban J connectivity index is 2.26. The van der Waals surface area contributed by atoms with Crippen LogP contribution in [-0.2, 0) is 21.0 Å². The molecule has 32 heavy (non-hydrogen) atoms. The zero-order chi connectivity index (χ0) is 24.1. The summed E-state index contributed by atoms with van der Waals surface area (Å²) in [5.74, 6) is -0.145. The number of halogens is 4. The van der Waals surface area contributed by atoms with E-state index >= 15 is 0 Å². The van der Waals surface area contributed by atoms with Crippen molar-refractivity contribution in [1.82, 2.24) is 5.43 Å². The van der Waals surface area contributed by atoms with Gasteiger partial charge in [-0.15, -0.1) is 0 Å². The van der Waals surface area contributed by atoms with Gasteiger partial charge in [-0.2, -0.15) is 18.3 Å². The van der Waals surface area contributed by atoms with E-state index < -0.39 is 39.9 Å². The second kappa shape index (κ2) is 10.1. The van der Waals surface area contributed by atoms with Crippen molar-refractivity contribution in [1.29, 1.82) is 0 Å². The number of ether oxygens (including phenoxy) is 2. The summed E-state index contributed by atoms with van der Waals surface area (Å²) in [4.78, 5) is 12.3. The van der Waals surface area contributed by atoms with E-state index in [-0.39, 0.29) is 5.02 Å². The third kappa shape index (κ3) is 6.26. The summed E-state index contributed by atoms with van der Waals surface area (Å²) in [5, 5.41) is 3.46. The first kappa shape index (κ1) is 25.3. The Morgan fingerprint density at radius 3 is 2.47 bits per heavy atom. The summed E-state index contributed by atoms with van der Waals surface area (Å²) in [6, 6.07) is 7.10. The van der Waals surface area contributed by atoms with Crippen LogP contribution in [0.25, 0.3) is 0 Å². The quantitative estimate of drug-likeness (QED) is 0.449. The number of sulfonamides is 1. The fourth-order valence-corrected chi connectivity index (χ4v) is 3.74. The molecule has 2 aromatic carbocycles. The van der Waals surface area contributed by atoms with Crippen molar-refractivity contribution in [2.24, 2.45) is 5.10 Å². The number of nitrogens with one attached hydrogen (secondary N) is 1. The molecule has 0 aliphatic carbocycles. The van der Waals surface area contributed by atoms with Gasteiger partial charge in [-0.3, -0.25) is 9.10 Å². The molecule has 8 nitrogen and oxygen atoms in total. The summed E-state index contributed by atoms with van der Waals surface area (Å²) >= 11 is 5.92. The van der Waals surface area contributed by atoms with Gasteiger partial charge in [0.15, 0.2) is 11.5 Å². The molecule has 2 rings (SSSR count). The van der Waals surface area contributed by atoms with Crippen LogP contribution in [0.15, 0.2) is 41.5 Å². The minimum atomic E-state index is -4.73. The van der Waals surface area contributed by atoms with Crippen molar-refractivity contribution in [3.8, 4) is 11.5 Å². The van der Waals surface area contributed by atoms with Gasteiger partial charge < -0.3 is 9.47 Å². The van der Waals surface area contributed by atoms with Crippen LogP contribution in [0.3, 0.4) is 0 Å². The fourth-order valence-electron chi connectivity index (χ4n) is 2.61. The number of hydrogen-bond donors (Lipinski definition) is 1. The Labute approximate surface area is 187 Å². The topological polar surface area (TPSA) is 97.3 Å². The summed E-state index contributed by atoms with van der Waals surface area (Å²) in [5.41, 5.74) is 0.966. The smallest absolute Gasteiger partial charge is 0.416 e. The standard InChI is InChI=1S/C19H19ClF3N3O5S/c1-30-16-6-4-5-12(18(16)31-2)10-24-25-17(27)11-26(32(3,28)29)15-9-13(19(21,22)23)7-8-14(15)20/h4-10H,11H2,1-3H3,(H,25,27)/b24-10-. The van der Waals surface area contributed by atoms with Gasteiger partial charge in [0, 0.05) is 5.56 Å². The van der Waals surface area contributed by atoms with Gasteiger partial charge in [0.25, 0.3) is 5.91 Å². The van der Waals surface area contributed by atoms with Crippen molar-refractivity contribution in [2.75, 3.05) is 31.3 Å². The maximum Gasteiger partial charge on any atom is 0.416 e. The molecule has 0 bridgehead atoms. The molecule has 1 N–H and O–H groups in total. The van der Waals surface area contributed by atoms with Crippen LogP contribution < -0.4 is 19.2 Å². The van der Waals surface area contributed by atoms with Crippen LogP contribution >= 0.6 is 11.6 Å². The SMILES string of the molecule is COc1cccc(/C=N\NC(=O)CN(c2cc(C(F)(F)F)ccc2Cl)S(C)(=O)=O)c1OC. The number of rotatable bonds is 8. The lowest BCUT2D eigenvalue weighted by Gasteiger charge is -2.23. The van der Waals surface area contributed by atoms with Gasteiger partial charge in [-0.25, -0.2) is 13.8 Å². The van der Waals surface area contributed by atoms with E-state index in [0.29, 0.717) is 33.5 Å². The van der Waals surface area contributed by atoms with Gasteiger partial charge in [-0.1, -0.05) is 17.7 Å². The van der Waals surface area contributed by atoms with Gasteiger partial charge in [0.1, 0.15) is 6.54 Å². The van der Waals surface area contributed by atoms with E-state index in [0.717, 1.165) is 12.3 Å². The monoisotopic (exact) mass is 493 g/mol. The molecule has 0 heterocycles. The van der Waals surface area contributed by atoms with Crippen molar-refractivity contribution in [2.45, 2.75) is 6.18 Å². The number of anilines is 1. The normalized spacial score (nSPS) is 12.0. The minimum Gasteiger partial charge on any atom is -0.493 e. The van der Waals surface area contributed by atoms with Crippen molar-refractivity contribution in [3.63, 3.8) is 0 Å². The van der Waals surface area contributed by atoms with Gasteiger partial charge in [0.05, 0.1) is 43.0 Å². The Morgan fingerprint density at radius 1 is 1.22 bits per heavy atom. The molecule has 1 amide bonds. The van der Waals surface area contributed by atoms with Crippen LogP contribution in [0.2, 0.25) is 5.02 Å². The molecule has 0 atom stereocenters. The maximum atomic E-state index is 13.0. The summed E-state index contributed by atoms with van der Waals surface area (Å²) in [7, 11) is -1.31. The molecule has 2 aromatic rings. The van der Waals surface area contributed by atoms with E-state index in [4.69, 9.17) is 21.1 Å². The molecule has 0 saturated carbocycles. The zero-order valence-corrected chi connectivity index (χ0v) is 18.7. The lowest BCUT2D eigenvalue weighted by atomic mass is 10.2. The highest BCUT2D eigenvalue weighted by atomic mass is 35.5. The van der Waals surface area contributed by atoms with Crippen molar-refractivity contribution >= 4 is 39.4 Å². The Hall–Kier alpha value is -2.99. The van der Waals surface area contributed by atoms with E-state index in [1.165, 1.54) is 20.4 Å². The Morgan fingerprint density at radius 2 is 1.91 bits per heavy atom. The lowest BCUT2D eigenvalue weighted by molar-refractivity contribution is -0.137. The number of amides is 1. The third-order valence-corrected chi connectivity index (χ3v) is 5.50. The zero-order valence-electron chi connectivity index (χ0n) is 17.1. The average molecular weight is 494 g/mol. The lowest BCUT2D eigenvalue weighted by Crippen LogP contribution is -2.39. The molecule has 0 radical (unpaired) electrons. The highest BCUT2D eigenvalue weighted by Gasteiger charge is 2.33. The second-order valence-corrected chi connectivity index (χ2v) is 8.62. The first-order valence-electron chi connectivity index (χ1n) is 8.75. The number of carbonyl (C=O) groups excluding carboxylic acids is 1. The van der Waals surface area contributed by atoms with E-state index in [2.05, 4.69) is 10.5 Å². The highest BCUT2D eigenvalue weighted by molar-refractivity contribution is 7.92. The largest absolute Gasteiger partial charge is 0.493 e.